The number of hydrazine groups is 1. The van der Waals surface area contributed by atoms with Crippen LogP contribution in [-0.2, 0) is 11.2 Å². The van der Waals surface area contributed by atoms with Gasteiger partial charge in [0.2, 0.25) is 5.91 Å². The van der Waals surface area contributed by atoms with Gasteiger partial charge in [0.1, 0.15) is 0 Å². The fourth-order valence-corrected chi connectivity index (χ4v) is 2.70. The van der Waals surface area contributed by atoms with Crippen molar-refractivity contribution in [2.45, 2.75) is 12.8 Å². The van der Waals surface area contributed by atoms with Crippen molar-refractivity contribution >= 4 is 46.4 Å². The van der Waals surface area contributed by atoms with Gasteiger partial charge in [-0.25, -0.2) is 0 Å². The quantitative estimate of drug-likeness (QED) is 0.836. The third-order valence-corrected chi connectivity index (χ3v) is 4.17. The van der Waals surface area contributed by atoms with Crippen LogP contribution in [0.2, 0.25) is 10.0 Å². The molecule has 0 saturated carbocycles. The van der Waals surface area contributed by atoms with Crippen LogP contribution in [0.15, 0.2) is 35.7 Å². The Labute approximate surface area is 136 Å². The van der Waals surface area contributed by atoms with E-state index in [4.69, 9.17) is 23.2 Å². The second kappa shape index (κ2) is 7.45. The summed E-state index contributed by atoms with van der Waals surface area (Å²) in [5.41, 5.74) is 4.88. The molecule has 1 aromatic heterocycles. The number of carbonyl (C=O) groups excluding carboxylic acids is 2. The monoisotopic (exact) mass is 342 g/mol. The van der Waals surface area contributed by atoms with E-state index in [1.54, 1.807) is 17.4 Å². The zero-order valence-electron chi connectivity index (χ0n) is 10.9. The molecule has 0 aliphatic rings. The number of halogens is 2. The van der Waals surface area contributed by atoms with Gasteiger partial charge in [0.15, 0.2) is 0 Å². The highest BCUT2D eigenvalue weighted by Gasteiger charge is 2.12. The highest BCUT2D eigenvalue weighted by atomic mass is 35.5. The minimum atomic E-state index is -0.507. The average molecular weight is 343 g/mol. The van der Waals surface area contributed by atoms with Gasteiger partial charge < -0.3 is 0 Å². The van der Waals surface area contributed by atoms with E-state index < -0.39 is 5.91 Å². The summed E-state index contributed by atoms with van der Waals surface area (Å²) < 4.78 is 0. The van der Waals surface area contributed by atoms with Crippen LogP contribution in [-0.4, -0.2) is 11.8 Å². The van der Waals surface area contributed by atoms with Crippen LogP contribution in [0, 0.1) is 0 Å². The Morgan fingerprint density at radius 3 is 2.67 bits per heavy atom. The highest BCUT2D eigenvalue weighted by molar-refractivity contribution is 7.09. The van der Waals surface area contributed by atoms with Crippen LogP contribution in [0.3, 0.4) is 0 Å². The molecular weight excluding hydrogens is 331 g/mol. The van der Waals surface area contributed by atoms with Crippen molar-refractivity contribution < 1.29 is 9.59 Å². The van der Waals surface area contributed by atoms with Gasteiger partial charge in [-0.2, -0.15) is 0 Å². The lowest BCUT2D eigenvalue weighted by Gasteiger charge is -2.08. The van der Waals surface area contributed by atoms with Crippen molar-refractivity contribution in [1.82, 2.24) is 10.9 Å². The molecule has 0 fully saturated rings. The van der Waals surface area contributed by atoms with E-state index in [0.29, 0.717) is 17.9 Å². The first kappa shape index (κ1) is 15.8. The molecule has 0 aliphatic carbocycles. The third-order valence-electron chi connectivity index (χ3n) is 2.67. The van der Waals surface area contributed by atoms with Crippen LogP contribution in [0.25, 0.3) is 0 Å². The summed E-state index contributed by atoms with van der Waals surface area (Å²) in [7, 11) is 0. The number of thiophene rings is 1. The molecule has 21 heavy (non-hydrogen) atoms. The Balaban J connectivity index is 1.83. The molecule has 0 aliphatic heterocycles. The van der Waals surface area contributed by atoms with Gasteiger partial charge >= 0.3 is 0 Å². The Morgan fingerprint density at radius 2 is 1.95 bits per heavy atom. The maximum Gasteiger partial charge on any atom is 0.271 e. The van der Waals surface area contributed by atoms with Gasteiger partial charge in [-0.15, -0.1) is 11.3 Å². The van der Waals surface area contributed by atoms with E-state index in [9.17, 15) is 9.59 Å². The van der Waals surface area contributed by atoms with Crippen LogP contribution >= 0.6 is 34.5 Å². The van der Waals surface area contributed by atoms with Crippen molar-refractivity contribution in [1.29, 1.82) is 0 Å². The zero-order valence-corrected chi connectivity index (χ0v) is 13.2. The molecule has 110 valence electrons. The van der Waals surface area contributed by atoms with Crippen molar-refractivity contribution in [3.63, 3.8) is 0 Å². The second-order valence-electron chi connectivity index (χ2n) is 4.21. The minimum absolute atomic E-state index is 0.211. The summed E-state index contributed by atoms with van der Waals surface area (Å²) in [5, 5.41) is 2.62. The molecule has 7 heteroatoms. The number of carbonyl (C=O) groups is 2. The minimum Gasteiger partial charge on any atom is -0.273 e. The van der Waals surface area contributed by atoms with Gasteiger partial charge in [0.25, 0.3) is 5.91 Å². The first-order valence-electron chi connectivity index (χ1n) is 6.13. The molecular formula is C14H12Cl2N2O2S. The molecule has 0 spiro atoms. The molecule has 2 rings (SSSR count). The zero-order chi connectivity index (χ0) is 15.2. The summed E-state index contributed by atoms with van der Waals surface area (Å²) in [6.45, 7) is 0. The van der Waals surface area contributed by atoms with Crippen molar-refractivity contribution in [2.24, 2.45) is 0 Å². The Morgan fingerprint density at radius 1 is 1.14 bits per heavy atom. The lowest BCUT2D eigenvalue weighted by molar-refractivity contribution is -0.121. The van der Waals surface area contributed by atoms with Gasteiger partial charge in [0.05, 0.1) is 10.6 Å². The fraction of sp³-hybridized carbons (Fsp3) is 0.143. The Hall–Kier alpha value is -1.56. The molecule has 2 N–H and O–H groups in total. The largest absolute Gasteiger partial charge is 0.273 e. The number of amides is 2. The van der Waals surface area contributed by atoms with E-state index in [0.717, 1.165) is 4.88 Å². The van der Waals surface area contributed by atoms with E-state index in [1.807, 2.05) is 17.5 Å². The Kier molecular flexibility index (Phi) is 5.61. The summed E-state index contributed by atoms with van der Waals surface area (Å²) in [5.74, 6) is -0.776. The Bertz CT molecular complexity index is 644. The van der Waals surface area contributed by atoms with Crippen LogP contribution in [0.5, 0.6) is 0 Å². The number of hydrogen-bond acceptors (Lipinski definition) is 3. The maximum atomic E-state index is 11.9. The number of benzene rings is 1. The second-order valence-corrected chi connectivity index (χ2v) is 6.08. The number of nitrogens with one attached hydrogen (secondary N) is 2. The molecule has 0 unspecified atom stereocenters. The molecule has 2 aromatic rings. The highest BCUT2D eigenvalue weighted by Crippen LogP contribution is 2.20. The molecule has 0 bridgehead atoms. The number of aryl methyl sites for hydroxylation is 1. The van der Waals surface area contributed by atoms with Gasteiger partial charge in [-0.1, -0.05) is 29.3 Å². The van der Waals surface area contributed by atoms with Crippen LogP contribution in [0.1, 0.15) is 21.7 Å². The van der Waals surface area contributed by atoms with Crippen molar-refractivity contribution in [2.75, 3.05) is 0 Å². The summed E-state index contributed by atoms with van der Waals surface area (Å²) in [6, 6.07) is 8.44. The smallest absolute Gasteiger partial charge is 0.271 e. The van der Waals surface area contributed by atoms with Crippen molar-refractivity contribution in [3.8, 4) is 0 Å². The molecule has 0 radical (unpaired) electrons. The summed E-state index contributed by atoms with van der Waals surface area (Å²) in [6.07, 6.45) is 0.932. The lowest BCUT2D eigenvalue weighted by atomic mass is 10.2. The van der Waals surface area contributed by atoms with Crippen molar-refractivity contribution in [3.05, 3.63) is 56.2 Å². The number of hydrogen-bond donors (Lipinski definition) is 2. The molecule has 0 saturated heterocycles. The van der Waals surface area contributed by atoms with E-state index in [1.165, 1.54) is 12.1 Å². The lowest BCUT2D eigenvalue weighted by Crippen LogP contribution is -2.41. The standard InChI is InChI=1S/C14H12Cl2N2O2S/c15-9-3-5-12(16)11(8-9)14(20)18-17-13(19)6-4-10-2-1-7-21-10/h1-3,5,7-8H,4,6H2,(H,17,19)(H,18,20). The molecule has 1 aromatic carbocycles. The maximum absolute atomic E-state index is 11.9. The topological polar surface area (TPSA) is 58.2 Å². The predicted octanol–water partition coefficient (Wildman–Crippen LogP) is 3.45. The van der Waals surface area contributed by atoms with E-state index in [-0.39, 0.29) is 16.5 Å². The molecule has 1 heterocycles. The number of rotatable bonds is 4. The van der Waals surface area contributed by atoms with Gasteiger partial charge in [-0.05, 0) is 36.1 Å². The summed E-state index contributed by atoms with van der Waals surface area (Å²) in [4.78, 5) is 24.7. The SMILES string of the molecule is O=C(CCc1cccs1)NNC(=O)c1cc(Cl)ccc1Cl. The van der Waals surface area contributed by atoms with E-state index >= 15 is 0 Å². The fourth-order valence-electron chi connectivity index (χ4n) is 1.62. The van der Waals surface area contributed by atoms with Crippen LogP contribution in [0.4, 0.5) is 0 Å². The first-order valence-corrected chi connectivity index (χ1v) is 7.76. The third kappa shape index (κ3) is 4.74. The van der Waals surface area contributed by atoms with Gasteiger partial charge in [-0.3, -0.25) is 20.4 Å². The summed E-state index contributed by atoms with van der Waals surface area (Å²) >= 11 is 13.3. The van der Waals surface area contributed by atoms with E-state index in [2.05, 4.69) is 10.9 Å². The predicted molar refractivity (Wildman–Crippen MR) is 84.7 cm³/mol. The normalized spacial score (nSPS) is 10.2. The van der Waals surface area contributed by atoms with Gasteiger partial charge in [0, 0.05) is 16.3 Å². The molecule has 4 nitrogen and oxygen atoms in total. The average Bonchev–Trinajstić information content (AvgIpc) is 2.98. The molecule has 0 atom stereocenters. The first-order chi connectivity index (χ1) is 10.1. The van der Waals surface area contributed by atoms with Crippen LogP contribution < -0.4 is 10.9 Å². The molecule has 2 amide bonds.